The van der Waals surface area contributed by atoms with Gasteiger partial charge in [-0.3, -0.25) is 33.7 Å². The third kappa shape index (κ3) is 12.2. The lowest BCUT2D eigenvalue weighted by Gasteiger charge is -2.19. The quantitative estimate of drug-likeness (QED) is 0.0838. The number of hydrogen-bond donors (Lipinski definition) is 5. The van der Waals surface area contributed by atoms with E-state index in [9.17, 15) is 33.6 Å². The van der Waals surface area contributed by atoms with Crippen LogP contribution in [0.2, 0.25) is 0 Å². The second kappa shape index (κ2) is 18.3. The number of anilines is 1. The lowest BCUT2D eigenvalue weighted by Crippen LogP contribution is -2.47. The van der Waals surface area contributed by atoms with Gasteiger partial charge in [0.15, 0.2) is 0 Å². The molecule has 1 heterocycles. The van der Waals surface area contributed by atoms with Crippen LogP contribution in [0.4, 0.5) is 10.5 Å². The molecule has 230 valence electrons. The van der Waals surface area contributed by atoms with Gasteiger partial charge in [0.1, 0.15) is 12.6 Å². The van der Waals surface area contributed by atoms with Crippen molar-refractivity contribution >= 4 is 59.5 Å². The van der Waals surface area contributed by atoms with Crippen molar-refractivity contribution < 1.29 is 38.3 Å². The Kier molecular flexibility index (Phi) is 14.9. The minimum Gasteiger partial charge on any atom is -0.463 e. The van der Waals surface area contributed by atoms with Gasteiger partial charge in [-0.25, -0.2) is 4.79 Å². The zero-order valence-corrected chi connectivity index (χ0v) is 24.3. The van der Waals surface area contributed by atoms with E-state index in [4.69, 9.17) is 10.5 Å². The van der Waals surface area contributed by atoms with Gasteiger partial charge in [0.2, 0.25) is 29.5 Å². The van der Waals surface area contributed by atoms with Crippen molar-refractivity contribution in [1.29, 1.82) is 0 Å². The van der Waals surface area contributed by atoms with E-state index in [1.807, 2.05) is 0 Å². The number of hydrogen-bond acceptors (Lipinski definition) is 9. The van der Waals surface area contributed by atoms with Crippen LogP contribution in [-0.2, 0) is 40.1 Å². The SMILES string of the molecule is CSC1CC(=O)N(CCCCCC(=O)NCC(=O)N[C@@H](CCCNC(N)=O)C(=O)Nc2ccc(COC=O)cc2)C1=O. The monoisotopic (exact) mass is 606 g/mol. The van der Waals surface area contributed by atoms with Crippen LogP contribution in [0.3, 0.4) is 0 Å². The van der Waals surface area contributed by atoms with Gasteiger partial charge in [-0.1, -0.05) is 18.6 Å². The summed E-state index contributed by atoms with van der Waals surface area (Å²) in [5.74, 6) is -1.73. The fourth-order valence-corrected chi connectivity index (χ4v) is 4.79. The van der Waals surface area contributed by atoms with Crippen LogP contribution in [0.25, 0.3) is 0 Å². The van der Waals surface area contributed by atoms with Crippen LogP contribution >= 0.6 is 11.8 Å². The number of nitrogens with zero attached hydrogens (tertiary/aromatic N) is 1. The van der Waals surface area contributed by atoms with Crippen molar-refractivity contribution in [1.82, 2.24) is 20.9 Å². The summed E-state index contributed by atoms with van der Waals surface area (Å²) in [4.78, 5) is 84.3. The first-order valence-corrected chi connectivity index (χ1v) is 14.8. The predicted octanol–water partition coefficient (Wildman–Crippen LogP) is 0.399. The summed E-state index contributed by atoms with van der Waals surface area (Å²) in [6.45, 7) is 0.629. The number of carbonyl (C=O) groups excluding carboxylic acids is 7. The number of carbonyl (C=O) groups is 7. The van der Waals surface area contributed by atoms with Crippen LogP contribution in [-0.4, -0.2) is 84.1 Å². The van der Waals surface area contributed by atoms with E-state index in [1.165, 1.54) is 16.7 Å². The van der Waals surface area contributed by atoms with Crippen LogP contribution in [0.5, 0.6) is 0 Å². The maximum Gasteiger partial charge on any atom is 0.312 e. The molecule has 0 aliphatic carbocycles. The van der Waals surface area contributed by atoms with Crippen molar-refractivity contribution in [3.63, 3.8) is 0 Å². The molecule has 1 fully saturated rings. The molecule has 7 amide bonds. The van der Waals surface area contributed by atoms with Gasteiger partial charge < -0.3 is 31.7 Å². The number of likely N-dealkylation sites (tertiary alicyclic amines) is 1. The standard InChI is InChI=1S/C27H38N6O8S/c1-42-21-14-24(37)33(26(21)39)13-4-2-3-7-22(35)30-15-23(36)32-20(6-5-12-29-27(28)40)25(38)31-19-10-8-18(9-11-19)16-41-17-34/h8-11,17,20-21H,2-7,12-16H2,1H3,(H,30,35)(H,31,38)(H,32,36)(H3,28,29,40)/t20-,21?/m0/s1. The van der Waals surface area contributed by atoms with Crippen molar-refractivity contribution in [3.05, 3.63) is 29.8 Å². The molecule has 0 radical (unpaired) electrons. The maximum absolute atomic E-state index is 12.9. The number of nitrogens with two attached hydrogens (primary N) is 1. The largest absolute Gasteiger partial charge is 0.463 e. The molecule has 1 aliphatic heterocycles. The molecular formula is C27H38N6O8S. The molecule has 1 aliphatic rings. The summed E-state index contributed by atoms with van der Waals surface area (Å²) in [6.07, 6.45) is 4.47. The highest BCUT2D eigenvalue weighted by Gasteiger charge is 2.37. The van der Waals surface area contributed by atoms with E-state index in [1.54, 1.807) is 30.5 Å². The lowest BCUT2D eigenvalue weighted by molar-refractivity contribution is -0.138. The average Bonchev–Trinajstić information content (AvgIpc) is 3.24. The lowest BCUT2D eigenvalue weighted by atomic mass is 10.1. The molecule has 15 heteroatoms. The Morgan fingerprint density at radius 3 is 2.45 bits per heavy atom. The Bertz CT molecular complexity index is 1120. The van der Waals surface area contributed by atoms with Gasteiger partial charge in [0, 0.05) is 31.6 Å². The van der Waals surface area contributed by atoms with Gasteiger partial charge >= 0.3 is 6.03 Å². The van der Waals surface area contributed by atoms with E-state index in [0.717, 1.165) is 5.56 Å². The fraction of sp³-hybridized carbons (Fsp3) is 0.519. The second-order valence-electron chi connectivity index (χ2n) is 9.55. The number of benzene rings is 1. The molecule has 0 aromatic heterocycles. The van der Waals surface area contributed by atoms with E-state index < -0.39 is 23.9 Å². The number of unbranched alkanes of at least 4 members (excludes halogenated alkanes) is 2. The first-order chi connectivity index (χ1) is 20.1. The molecule has 1 unspecified atom stereocenters. The van der Waals surface area contributed by atoms with Gasteiger partial charge in [0.05, 0.1) is 11.8 Å². The van der Waals surface area contributed by atoms with Gasteiger partial charge in [0.25, 0.3) is 6.47 Å². The van der Waals surface area contributed by atoms with Crippen LogP contribution in [0.15, 0.2) is 24.3 Å². The highest BCUT2D eigenvalue weighted by atomic mass is 32.2. The summed E-state index contributed by atoms with van der Waals surface area (Å²) in [6, 6.07) is 4.93. The third-order valence-corrected chi connectivity index (χ3v) is 7.32. The summed E-state index contributed by atoms with van der Waals surface area (Å²) in [5.41, 5.74) is 6.25. The second-order valence-corrected chi connectivity index (χ2v) is 10.6. The van der Waals surface area contributed by atoms with Crippen LogP contribution in [0.1, 0.15) is 50.5 Å². The number of thioether (sulfide) groups is 1. The predicted molar refractivity (Wildman–Crippen MR) is 155 cm³/mol. The summed E-state index contributed by atoms with van der Waals surface area (Å²) in [5, 5.41) is 9.95. The highest BCUT2D eigenvalue weighted by molar-refractivity contribution is 8.00. The fourth-order valence-electron chi connectivity index (χ4n) is 4.15. The molecule has 0 spiro atoms. The van der Waals surface area contributed by atoms with Crippen molar-refractivity contribution in [2.75, 3.05) is 31.2 Å². The van der Waals surface area contributed by atoms with E-state index in [-0.39, 0.29) is 61.9 Å². The maximum atomic E-state index is 12.9. The zero-order valence-electron chi connectivity index (χ0n) is 23.5. The number of imide groups is 1. The number of ether oxygens (including phenoxy) is 1. The molecular weight excluding hydrogens is 568 g/mol. The summed E-state index contributed by atoms with van der Waals surface area (Å²) >= 11 is 1.36. The topological polar surface area (TPSA) is 206 Å². The average molecular weight is 607 g/mol. The number of nitrogens with one attached hydrogen (secondary N) is 4. The normalized spacial score (nSPS) is 15.1. The zero-order chi connectivity index (χ0) is 30.9. The van der Waals surface area contributed by atoms with Crippen LogP contribution in [0, 0.1) is 0 Å². The molecule has 0 bridgehead atoms. The Labute approximate surface area is 248 Å². The van der Waals surface area contributed by atoms with Gasteiger partial charge in [-0.15, -0.1) is 0 Å². The van der Waals surface area contributed by atoms with Gasteiger partial charge in [-0.2, -0.15) is 11.8 Å². The number of amides is 7. The minimum absolute atomic E-state index is 0.0916. The molecule has 42 heavy (non-hydrogen) atoms. The van der Waals surface area contributed by atoms with E-state index >= 15 is 0 Å². The number of urea groups is 1. The Balaban J connectivity index is 1.76. The summed E-state index contributed by atoms with van der Waals surface area (Å²) < 4.78 is 4.69. The first-order valence-electron chi connectivity index (χ1n) is 13.6. The third-order valence-electron chi connectivity index (χ3n) is 6.38. The number of primary amides is 1. The minimum atomic E-state index is -0.955. The molecule has 1 aromatic carbocycles. The molecule has 1 saturated heterocycles. The van der Waals surface area contributed by atoms with E-state index in [0.29, 0.717) is 44.4 Å². The van der Waals surface area contributed by atoms with Crippen molar-refractivity contribution in [2.45, 2.75) is 62.8 Å². The Morgan fingerprint density at radius 1 is 1.07 bits per heavy atom. The van der Waals surface area contributed by atoms with Crippen molar-refractivity contribution in [2.24, 2.45) is 5.73 Å². The van der Waals surface area contributed by atoms with Crippen LogP contribution < -0.4 is 27.0 Å². The molecule has 14 nitrogen and oxygen atoms in total. The summed E-state index contributed by atoms with van der Waals surface area (Å²) in [7, 11) is 0. The molecule has 1 aromatic rings. The van der Waals surface area contributed by atoms with Crippen molar-refractivity contribution in [3.8, 4) is 0 Å². The Morgan fingerprint density at radius 2 is 1.81 bits per heavy atom. The van der Waals surface area contributed by atoms with E-state index in [2.05, 4.69) is 21.3 Å². The molecule has 2 atom stereocenters. The molecule has 2 rings (SSSR count). The highest BCUT2D eigenvalue weighted by Crippen LogP contribution is 2.23. The smallest absolute Gasteiger partial charge is 0.312 e. The van der Waals surface area contributed by atoms with Gasteiger partial charge in [-0.05, 0) is 49.6 Å². The number of rotatable bonds is 19. The first kappa shape index (κ1) is 34.1. The molecule has 0 saturated carbocycles. The Hall–Kier alpha value is -4.14. The molecule has 6 N–H and O–H groups in total.